The van der Waals surface area contributed by atoms with E-state index < -0.39 is 6.10 Å². The highest BCUT2D eigenvalue weighted by Crippen LogP contribution is 2.19. The molecule has 0 spiro atoms. The summed E-state index contributed by atoms with van der Waals surface area (Å²) >= 11 is 0. The van der Waals surface area contributed by atoms with Crippen LogP contribution in [0.15, 0.2) is 18.2 Å². The van der Waals surface area contributed by atoms with Gasteiger partial charge in [0.25, 0.3) is 0 Å². The average Bonchev–Trinajstić information content (AvgIpc) is 2.26. The van der Waals surface area contributed by atoms with Crippen LogP contribution in [0.5, 0.6) is 5.75 Å². The summed E-state index contributed by atoms with van der Waals surface area (Å²) in [5.41, 5.74) is 1.85. The summed E-state index contributed by atoms with van der Waals surface area (Å²) in [7, 11) is 0. The molecule has 0 aliphatic heterocycles. The first-order valence-electron chi connectivity index (χ1n) is 5.18. The molecule has 0 aliphatic carbocycles. The minimum Gasteiger partial charge on any atom is -0.491 e. The van der Waals surface area contributed by atoms with Gasteiger partial charge in [0, 0.05) is 0 Å². The van der Waals surface area contributed by atoms with Crippen LogP contribution in [-0.4, -0.2) is 22.9 Å². The smallest absolute Gasteiger partial charge is 0.122 e. The molecule has 0 saturated carbocycles. The Labute approximate surface area is 90.3 Å². The Kier molecular flexibility index (Phi) is 4.59. The predicted octanol–water partition coefficient (Wildman–Crippen LogP) is 1.64. The van der Waals surface area contributed by atoms with Gasteiger partial charge in [0.2, 0.25) is 0 Å². The van der Waals surface area contributed by atoms with Gasteiger partial charge in [-0.2, -0.15) is 0 Å². The fraction of sp³-hybridized carbons (Fsp3) is 0.500. The quantitative estimate of drug-likeness (QED) is 0.776. The Morgan fingerprint density at radius 2 is 2.13 bits per heavy atom. The third kappa shape index (κ3) is 3.53. The summed E-state index contributed by atoms with van der Waals surface area (Å²) in [4.78, 5) is 0. The van der Waals surface area contributed by atoms with Gasteiger partial charge in [-0.15, -0.1) is 0 Å². The summed E-state index contributed by atoms with van der Waals surface area (Å²) in [6.45, 7) is 4.19. The molecular formula is C12H18O3. The van der Waals surface area contributed by atoms with Crippen LogP contribution in [0.2, 0.25) is 0 Å². The lowest BCUT2D eigenvalue weighted by atomic mass is 10.1. The SMILES string of the molecule is CCC(O)COc1ccc(CO)cc1C. The second-order valence-electron chi connectivity index (χ2n) is 3.63. The van der Waals surface area contributed by atoms with Crippen molar-refractivity contribution in [3.63, 3.8) is 0 Å². The van der Waals surface area contributed by atoms with Gasteiger partial charge in [-0.05, 0) is 30.5 Å². The average molecular weight is 210 g/mol. The Balaban J connectivity index is 2.62. The van der Waals surface area contributed by atoms with Crippen molar-refractivity contribution >= 4 is 0 Å². The number of benzene rings is 1. The number of aliphatic hydroxyl groups excluding tert-OH is 2. The monoisotopic (exact) mass is 210 g/mol. The van der Waals surface area contributed by atoms with Crippen LogP contribution in [0, 0.1) is 6.92 Å². The van der Waals surface area contributed by atoms with E-state index >= 15 is 0 Å². The fourth-order valence-electron chi connectivity index (χ4n) is 1.28. The normalized spacial score (nSPS) is 12.5. The lowest BCUT2D eigenvalue weighted by molar-refractivity contribution is 0.104. The molecule has 0 amide bonds. The number of hydrogen-bond donors (Lipinski definition) is 2. The summed E-state index contributed by atoms with van der Waals surface area (Å²) < 4.78 is 5.46. The van der Waals surface area contributed by atoms with Gasteiger partial charge >= 0.3 is 0 Å². The van der Waals surface area contributed by atoms with E-state index in [4.69, 9.17) is 9.84 Å². The molecule has 0 aliphatic rings. The largest absolute Gasteiger partial charge is 0.491 e. The van der Waals surface area contributed by atoms with Crippen LogP contribution in [-0.2, 0) is 6.61 Å². The molecule has 0 heterocycles. The maximum atomic E-state index is 9.35. The number of hydrogen-bond acceptors (Lipinski definition) is 3. The van der Waals surface area contributed by atoms with E-state index in [9.17, 15) is 5.11 Å². The third-order valence-electron chi connectivity index (χ3n) is 2.32. The van der Waals surface area contributed by atoms with E-state index in [-0.39, 0.29) is 6.61 Å². The van der Waals surface area contributed by atoms with E-state index in [2.05, 4.69) is 0 Å². The molecule has 1 rings (SSSR count). The molecule has 1 atom stereocenters. The second-order valence-corrected chi connectivity index (χ2v) is 3.63. The van der Waals surface area contributed by atoms with Crippen LogP contribution in [0.3, 0.4) is 0 Å². The Morgan fingerprint density at radius 3 is 2.67 bits per heavy atom. The zero-order valence-corrected chi connectivity index (χ0v) is 9.23. The molecular weight excluding hydrogens is 192 g/mol. The van der Waals surface area contributed by atoms with Gasteiger partial charge in [-0.25, -0.2) is 0 Å². The van der Waals surface area contributed by atoms with Crippen molar-refractivity contribution in [1.29, 1.82) is 0 Å². The fourth-order valence-corrected chi connectivity index (χ4v) is 1.28. The van der Waals surface area contributed by atoms with Gasteiger partial charge in [-0.1, -0.05) is 19.1 Å². The van der Waals surface area contributed by atoms with Gasteiger partial charge < -0.3 is 14.9 Å². The first kappa shape index (κ1) is 12.0. The first-order chi connectivity index (χ1) is 7.17. The Hall–Kier alpha value is -1.06. The molecule has 0 fully saturated rings. The maximum Gasteiger partial charge on any atom is 0.122 e. The van der Waals surface area contributed by atoms with Gasteiger partial charge in [0.1, 0.15) is 12.4 Å². The van der Waals surface area contributed by atoms with Crippen molar-refractivity contribution in [2.75, 3.05) is 6.61 Å². The predicted molar refractivity (Wildman–Crippen MR) is 58.9 cm³/mol. The van der Waals surface area contributed by atoms with Gasteiger partial charge in [-0.3, -0.25) is 0 Å². The molecule has 3 nitrogen and oxygen atoms in total. The number of ether oxygens (including phenoxy) is 1. The highest BCUT2D eigenvalue weighted by molar-refractivity contribution is 5.35. The third-order valence-corrected chi connectivity index (χ3v) is 2.32. The van der Waals surface area contributed by atoms with Gasteiger partial charge in [0.05, 0.1) is 12.7 Å². The number of aliphatic hydroxyl groups is 2. The molecule has 0 aromatic heterocycles. The van der Waals surface area contributed by atoms with Crippen LogP contribution >= 0.6 is 0 Å². The highest BCUT2D eigenvalue weighted by atomic mass is 16.5. The van der Waals surface area contributed by atoms with E-state index in [0.29, 0.717) is 13.0 Å². The molecule has 2 N–H and O–H groups in total. The van der Waals surface area contributed by atoms with E-state index in [1.165, 1.54) is 0 Å². The van der Waals surface area contributed by atoms with Crippen LogP contribution in [0.25, 0.3) is 0 Å². The lowest BCUT2D eigenvalue weighted by Crippen LogP contribution is -2.16. The Bertz CT molecular complexity index is 310. The molecule has 0 bridgehead atoms. The van der Waals surface area contributed by atoms with Crippen molar-refractivity contribution in [2.45, 2.75) is 33.0 Å². The van der Waals surface area contributed by atoms with Crippen molar-refractivity contribution < 1.29 is 14.9 Å². The van der Waals surface area contributed by atoms with Crippen molar-refractivity contribution in [1.82, 2.24) is 0 Å². The molecule has 3 heteroatoms. The summed E-state index contributed by atoms with van der Waals surface area (Å²) in [5.74, 6) is 0.764. The lowest BCUT2D eigenvalue weighted by Gasteiger charge is -2.12. The molecule has 15 heavy (non-hydrogen) atoms. The van der Waals surface area contributed by atoms with Crippen molar-refractivity contribution in [2.24, 2.45) is 0 Å². The summed E-state index contributed by atoms with van der Waals surface area (Å²) in [6.07, 6.45) is 0.273. The molecule has 0 saturated heterocycles. The van der Waals surface area contributed by atoms with Gasteiger partial charge in [0.15, 0.2) is 0 Å². The zero-order valence-electron chi connectivity index (χ0n) is 9.23. The summed E-state index contributed by atoms with van der Waals surface area (Å²) in [5, 5.41) is 18.3. The second kappa shape index (κ2) is 5.73. The standard InChI is InChI=1S/C12H18O3/c1-3-11(14)8-15-12-5-4-10(7-13)6-9(12)2/h4-6,11,13-14H,3,7-8H2,1-2H3. The molecule has 0 radical (unpaired) electrons. The van der Waals surface area contributed by atoms with Crippen molar-refractivity contribution in [3.05, 3.63) is 29.3 Å². The number of aryl methyl sites for hydroxylation is 1. The maximum absolute atomic E-state index is 9.35. The minimum atomic E-state index is -0.415. The molecule has 1 aromatic rings. The van der Waals surface area contributed by atoms with Crippen LogP contribution in [0.1, 0.15) is 24.5 Å². The first-order valence-corrected chi connectivity index (χ1v) is 5.18. The van der Waals surface area contributed by atoms with Crippen LogP contribution < -0.4 is 4.74 Å². The van der Waals surface area contributed by atoms with Crippen LogP contribution in [0.4, 0.5) is 0 Å². The highest BCUT2D eigenvalue weighted by Gasteiger charge is 2.04. The van der Waals surface area contributed by atoms with E-state index in [1.54, 1.807) is 0 Å². The summed E-state index contributed by atoms with van der Waals surface area (Å²) in [6, 6.07) is 5.53. The van der Waals surface area contributed by atoms with E-state index in [1.807, 2.05) is 32.0 Å². The van der Waals surface area contributed by atoms with Crippen molar-refractivity contribution in [3.8, 4) is 5.75 Å². The molecule has 1 aromatic carbocycles. The molecule has 84 valence electrons. The minimum absolute atomic E-state index is 0.0404. The number of rotatable bonds is 5. The zero-order chi connectivity index (χ0) is 11.3. The Morgan fingerprint density at radius 1 is 1.40 bits per heavy atom. The van der Waals surface area contributed by atoms with E-state index in [0.717, 1.165) is 16.9 Å². The topological polar surface area (TPSA) is 49.7 Å². The molecule has 1 unspecified atom stereocenters.